The first-order valence-corrected chi connectivity index (χ1v) is 8.51. The molecular weight excluding hydrogens is 278 g/mol. The lowest BCUT2D eigenvalue weighted by Crippen LogP contribution is -2.14. The normalized spacial score (nSPS) is 14.4. The Morgan fingerprint density at radius 2 is 1.95 bits per heavy atom. The molecule has 110 valence electrons. The topological polar surface area (TPSA) is 29.1 Å². The van der Waals surface area contributed by atoms with Crippen LogP contribution >= 0.6 is 11.3 Å². The van der Waals surface area contributed by atoms with Gasteiger partial charge in [-0.05, 0) is 62.3 Å². The van der Waals surface area contributed by atoms with Crippen molar-refractivity contribution < 1.29 is 4.79 Å². The molecule has 0 saturated carbocycles. The fraction of sp³-hybridized carbons (Fsp3) is 0.389. The number of carbonyl (C=O) groups excluding carboxylic acids is 1. The molecule has 0 radical (unpaired) electrons. The Kier molecular flexibility index (Phi) is 4.11. The van der Waals surface area contributed by atoms with Crippen molar-refractivity contribution >= 4 is 22.9 Å². The summed E-state index contributed by atoms with van der Waals surface area (Å²) in [5, 5.41) is 5.13. The molecule has 0 unspecified atom stereocenters. The van der Waals surface area contributed by atoms with E-state index < -0.39 is 0 Å². The molecule has 1 amide bonds. The van der Waals surface area contributed by atoms with Gasteiger partial charge in [-0.2, -0.15) is 0 Å². The number of anilines is 1. The Labute approximate surface area is 130 Å². The molecule has 3 rings (SSSR count). The smallest absolute Gasteiger partial charge is 0.256 e. The second kappa shape index (κ2) is 6.02. The molecule has 0 bridgehead atoms. The van der Waals surface area contributed by atoms with E-state index in [-0.39, 0.29) is 5.91 Å². The molecule has 0 atom stereocenters. The molecule has 0 fully saturated rings. The zero-order valence-electron chi connectivity index (χ0n) is 12.7. The third-order valence-corrected chi connectivity index (χ3v) is 5.29. The fourth-order valence-corrected chi connectivity index (χ4v) is 4.05. The molecule has 3 heteroatoms. The zero-order chi connectivity index (χ0) is 14.8. The summed E-state index contributed by atoms with van der Waals surface area (Å²) in [6, 6.07) is 6.17. The Balaban J connectivity index is 1.86. The van der Waals surface area contributed by atoms with Crippen LogP contribution < -0.4 is 5.32 Å². The van der Waals surface area contributed by atoms with E-state index in [1.54, 1.807) is 11.3 Å². The van der Waals surface area contributed by atoms with Crippen LogP contribution in [0.3, 0.4) is 0 Å². The highest BCUT2D eigenvalue weighted by atomic mass is 32.1. The summed E-state index contributed by atoms with van der Waals surface area (Å²) in [5.41, 5.74) is 5.38. The highest BCUT2D eigenvalue weighted by Crippen LogP contribution is 2.30. The van der Waals surface area contributed by atoms with Crippen molar-refractivity contribution in [1.29, 1.82) is 0 Å². The van der Waals surface area contributed by atoms with Gasteiger partial charge < -0.3 is 5.32 Å². The molecule has 0 saturated heterocycles. The van der Waals surface area contributed by atoms with E-state index in [1.165, 1.54) is 35.3 Å². The fourth-order valence-electron chi connectivity index (χ4n) is 2.92. The molecule has 2 aromatic rings. The van der Waals surface area contributed by atoms with Gasteiger partial charge in [0.1, 0.15) is 0 Å². The predicted molar refractivity (Wildman–Crippen MR) is 89.4 cm³/mol. The van der Waals surface area contributed by atoms with E-state index in [0.717, 1.165) is 29.7 Å². The number of rotatable bonds is 2. The van der Waals surface area contributed by atoms with Crippen LogP contribution in [-0.2, 0) is 12.8 Å². The van der Waals surface area contributed by atoms with Gasteiger partial charge in [-0.3, -0.25) is 4.79 Å². The lowest BCUT2D eigenvalue weighted by molar-refractivity contribution is 0.102. The minimum Gasteiger partial charge on any atom is -0.322 e. The molecule has 1 heterocycles. The average molecular weight is 299 g/mol. The van der Waals surface area contributed by atoms with Crippen LogP contribution in [0.1, 0.15) is 51.2 Å². The Morgan fingerprint density at radius 3 is 2.81 bits per heavy atom. The number of nitrogens with one attached hydrogen (secondary N) is 1. The molecule has 0 aliphatic heterocycles. The van der Waals surface area contributed by atoms with E-state index >= 15 is 0 Å². The first-order chi connectivity index (χ1) is 10.1. The van der Waals surface area contributed by atoms with Crippen LogP contribution in [0.2, 0.25) is 0 Å². The number of benzene rings is 1. The van der Waals surface area contributed by atoms with Crippen molar-refractivity contribution in [2.75, 3.05) is 5.32 Å². The Hall–Kier alpha value is -1.61. The lowest BCUT2D eigenvalue weighted by atomic mass is 10.1. The quantitative estimate of drug-likeness (QED) is 0.786. The summed E-state index contributed by atoms with van der Waals surface area (Å²) < 4.78 is 0. The number of fused-ring (bicyclic) bond motifs is 1. The van der Waals surface area contributed by atoms with E-state index in [4.69, 9.17) is 0 Å². The summed E-state index contributed by atoms with van der Waals surface area (Å²) in [6.45, 7) is 4.08. The third-order valence-electron chi connectivity index (χ3n) is 4.20. The molecule has 1 aliphatic rings. The van der Waals surface area contributed by atoms with Gasteiger partial charge >= 0.3 is 0 Å². The Bertz CT molecular complexity index is 672. The van der Waals surface area contributed by atoms with Gasteiger partial charge in [0.25, 0.3) is 5.91 Å². The van der Waals surface area contributed by atoms with Crippen molar-refractivity contribution in [1.82, 2.24) is 0 Å². The van der Waals surface area contributed by atoms with Gasteiger partial charge in [-0.25, -0.2) is 0 Å². The van der Waals surface area contributed by atoms with Crippen LogP contribution in [0.15, 0.2) is 23.6 Å². The lowest BCUT2D eigenvalue weighted by Gasteiger charge is -2.10. The minimum absolute atomic E-state index is 0.0445. The van der Waals surface area contributed by atoms with Crippen LogP contribution in [0.4, 0.5) is 5.69 Å². The van der Waals surface area contributed by atoms with E-state index in [2.05, 4.69) is 17.4 Å². The number of hydrogen-bond donors (Lipinski definition) is 1. The van der Waals surface area contributed by atoms with Crippen molar-refractivity contribution in [3.8, 4) is 0 Å². The summed E-state index contributed by atoms with van der Waals surface area (Å²) in [5.74, 6) is 0.0445. The SMILES string of the molecule is Cc1ccc(C)c(NC(=O)c2csc3c2CCCCC3)c1. The second-order valence-electron chi connectivity index (χ2n) is 5.88. The van der Waals surface area contributed by atoms with Gasteiger partial charge in [-0.15, -0.1) is 11.3 Å². The highest BCUT2D eigenvalue weighted by Gasteiger charge is 2.19. The molecule has 1 N–H and O–H groups in total. The maximum Gasteiger partial charge on any atom is 0.256 e. The summed E-state index contributed by atoms with van der Waals surface area (Å²) >= 11 is 1.75. The summed E-state index contributed by atoms with van der Waals surface area (Å²) in [6.07, 6.45) is 5.92. The zero-order valence-corrected chi connectivity index (χ0v) is 13.5. The molecule has 2 nitrogen and oxygen atoms in total. The Morgan fingerprint density at radius 1 is 1.14 bits per heavy atom. The van der Waals surface area contributed by atoms with E-state index in [0.29, 0.717) is 0 Å². The molecule has 0 spiro atoms. The predicted octanol–water partition coefficient (Wildman–Crippen LogP) is 4.89. The average Bonchev–Trinajstić information content (AvgIpc) is 2.72. The van der Waals surface area contributed by atoms with E-state index in [1.807, 2.05) is 25.3 Å². The maximum absolute atomic E-state index is 12.6. The third kappa shape index (κ3) is 3.03. The number of aryl methyl sites for hydroxylation is 3. The van der Waals surface area contributed by atoms with Crippen LogP contribution in [0.25, 0.3) is 0 Å². The molecule has 1 aliphatic carbocycles. The van der Waals surface area contributed by atoms with E-state index in [9.17, 15) is 4.79 Å². The van der Waals surface area contributed by atoms with Crippen LogP contribution in [0, 0.1) is 13.8 Å². The number of hydrogen-bond acceptors (Lipinski definition) is 2. The van der Waals surface area contributed by atoms with Gasteiger partial charge in [-0.1, -0.05) is 18.6 Å². The molecule has 21 heavy (non-hydrogen) atoms. The summed E-state index contributed by atoms with van der Waals surface area (Å²) in [4.78, 5) is 14.0. The molecular formula is C18H21NOS. The van der Waals surface area contributed by atoms with Crippen molar-refractivity contribution in [3.05, 3.63) is 50.7 Å². The molecule has 1 aromatic heterocycles. The van der Waals surface area contributed by atoms with Gasteiger partial charge in [0, 0.05) is 15.9 Å². The minimum atomic E-state index is 0.0445. The number of carbonyl (C=O) groups is 1. The number of thiophene rings is 1. The van der Waals surface area contributed by atoms with Crippen molar-refractivity contribution in [2.24, 2.45) is 0 Å². The van der Waals surface area contributed by atoms with Crippen molar-refractivity contribution in [3.63, 3.8) is 0 Å². The maximum atomic E-state index is 12.6. The van der Waals surface area contributed by atoms with Gasteiger partial charge in [0.2, 0.25) is 0 Å². The first kappa shape index (κ1) is 14.3. The number of amides is 1. The van der Waals surface area contributed by atoms with Crippen LogP contribution in [-0.4, -0.2) is 5.91 Å². The first-order valence-electron chi connectivity index (χ1n) is 7.63. The summed E-state index contributed by atoms with van der Waals surface area (Å²) in [7, 11) is 0. The standard InChI is InChI=1S/C18H21NOS/c1-12-8-9-13(2)16(10-12)19-18(20)15-11-21-17-7-5-3-4-6-14(15)17/h8-11H,3-7H2,1-2H3,(H,19,20). The van der Waals surface area contributed by atoms with Crippen molar-refractivity contribution in [2.45, 2.75) is 46.0 Å². The highest BCUT2D eigenvalue weighted by molar-refractivity contribution is 7.10. The van der Waals surface area contributed by atoms with Crippen LogP contribution in [0.5, 0.6) is 0 Å². The largest absolute Gasteiger partial charge is 0.322 e. The van der Waals surface area contributed by atoms with Gasteiger partial charge in [0.05, 0.1) is 5.56 Å². The second-order valence-corrected chi connectivity index (χ2v) is 6.85. The molecule has 1 aromatic carbocycles. The van der Waals surface area contributed by atoms with Gasteiger partial charge in [0.15, 0.2) is 0 Å². The monoisotopic (exact) mass is 299 g/mol.